The van der Waals surface area contributed by atoms with Gasteiger partial charge in [0.2, 0.25) is 0 Å². The summed E-state index contributed by atoms with van der Waals surface area (Å²) in [7, 11) is 0. The monoisotopic (exact) mass is 405 g/mol. The van der Waals surface area contributed by atoms with Gasteiger partial charge in [-0.25, -0.2) is 4.79 Å². The maximum Gasteiger partial charge on any atom is 0.318 e. The van der Waals surface area contributed by atoms with Crippen LogP contribution in [0.1, 0.15) is 53.6 Å². The van der Waals surface area contributed by atoms with E-state index in [1.165, 1.54) is 17.5 Å². The van der Waals surface area contributed by atoms with Crippen LogP contribution in [0.15, 0.2) is 54.6 Å². The Morgan fingerprint density at radius 2 is 1.47 bits per heavy atom. The first kappa shape index (κ1) is 20.5. The molecule has 4 rings (SSSR count). The highest BCUT2D eigenvalue weighted by atomic mass is 16.2. The third-order valence-electron chi connectivity index (χ3n) is 6.37. The van der Waals surface area contributed by atoms with E-state index in [0.717, 1.165) is 50.9 Å². The molecule has 2 heterocycles. The molecule has 3 amide bonds. The van der Waals surface area contributed by atoms with Gasteiger partial charge < -0.3 is 15.1 Å². The van der Waals surface area contributed by atoms with Crippen molar-refractivity contribution in [2.45, 2.75) is 45.2 Å². The second-order valence-corrected chi connectivity index (χ2v) is 8.45. The molecule has 0 unspecified atom stereocenters. The third kappa shape index (κ3) is 5.02. The fourth-order valence-corrected chi connectivity index (χ4v) is 4.53. The summed E-state index contributed by atoms with van der Waals surface area (Å²) in [6.07, 6.45) is 5.47. The van der Waals surface area contributed by atoms with E-state index in [2.05, 4.69) is 17.4 Å². The average molecular weight is 406 g/mol. The summed E-state index contributed by atoms with van der Waals surface area (Å²) >= 11 is 0. The number of benzene rings is 2. The van der Waals surface area contributed by atoms with Crippen molar-refractivity contribution in [3.63, 3.8) is 0 Å². The van der Waals surface area contributed by atoms with Crippen LogP contribution < -0.4 is 5.32 Å². The van der Waals surface area contributed by atoms with Crippen molar-refractivity contribution < 1.29 is 9.59 Å². The fraction of sp³-hybridized carbons (Fsp3) is 0.440. The van der Waals surface area contributed by atoms with Gasteiger partial charge in [0.15, 0.2) is 0 Å². The number of unbranched alkanes of at least 4 members (excludes halogenated alkanes) is 1. The number of rotatable bonds is 6. The van der Waals surface area contributed by atoms with E-state index < -0.39 is 0 Å². The molecular formula is C25H31N3O2. The van der Waals surface area contributed by atoms with Gasteiger partial charge in [0, 0.05) is 38.3 Å². The summed E-state index contributed by atoms with van der Waals surface area (Å²) in [4.78, 5) is 28.8. The van der Waals surface area contributed by atoms with Crippen molar-refractivity contribution in [3.8, 4) is 0 Å². The smallest absolute Gasteiger partial charge is 0.318 e. The van der Waals surface area contributed by atoms with E-state index in [1.807, 2.05) is 52.3 Å². The van der Waals surface area contributed by atoms with Crippen LogP contribution in [-0.4, -0.2) is 41.4 Å². The van der Waals surface area contributed by atoms with Gasteiger partial charge in [0.1, 0.15) is 0 Å². The maximum atomic E-state index is 12.5. The van der Waals surface area contributed by atoms with Crippen LogP contribution in [0, 0.1) is 5.92 Å². The zero-order valence-electron chi connectivity index (χ0n) is 17.6. The van der Waals surface area contributed by atoms with E-state index >= 15 is 0 Å². The lowest BCUT2D eigenvalue weighted by atomic mass is 9.91. The molecule has 2 aromatic rings. The fourth-order valence-electron chi connectivity index (χ4n) is 4.53. The standard InChI is InChI=1S/C25H31N3O2/c29-24(21-9-2-1-3-10-21)27-16-13-20(14-17-27)8-6-7-15-26-25(30)28-18-22-11-4-5-12-23(22)19-28/h1-5,9-12,20H,6-8,13-19H2,(H,26,30). The molecule has 0 radical (unpaired) electrons. The topological polar surface area (TPSA) is 52.7 Å². The van der Waals surface area contributed by atoms with Crippen LogP contribution in [0.5, 0.6) is 0 Å². The Kier molecular flexibility index (Phi) is 6.67. The maximum absolute atomic E-state index is 12.5. The van der Waals surface area contributed by atoms with Crippen LogP contribution >= 0.6 is 0 Å². The molecule has 0 bridgehead atoms. The van der Waals surface area contributed by atoms with Crippen LogP contribution in [-0.2, 0) is 13.1 Å². The molecule has 5 nitrogen and oxygen atoms in total. The molecule has 1 saturated heterocycles. The number of likely N-dealkylation sites (tertiary alicyclic amines) is 1. The number of urea groups is 1. The number of hydrogen-bond acceptors (Lipinski definition) is 2. The van der Waals surface area contributed by atoms with Gasteiger partial charge in [-0.2, -0.15) is 0 Å². The summed E-state index contributed by atoms with van der Waals surface area (Å²) in [5.41, 5.74) is 3.29. The second-order valence-electron chi connectivity index (χ2n) is 8.45. The molecule has 0 aromatic heterocycles. The molecule has 2 aromatic carbocycles. The highest BCUT2D eigenvalue weighted by molar-refractivity contribution is 5.94. The van der Waals surface area contributed by atoms with Gasteiger partial charge in [-0.1, -0.05) is 55.3 Å². The predicted octanol–water partition coefficient (Wildman–Crippen LogP) is 4.43. The van der Waals surface area contributed by atoms with Crippen molar-refractivity contribution in [2.24, 2.45) is 5.92 Å². The Bertz CT molecular complexity index is 835. The van der Waals surface area contributed by atoms with E-state index in [9.17, 15) is 9.59 Å². The van der Waals surface area contributed by atoms with E-state index in [4.69, 9.17) is 0 Å². The lowest BCUT2D eigenvalue weighted by molar-refractivity contribution is 0.0686. The number of piperidine rings is 1. The molecule has 1 fully saturated rings. The van der Waals surface area contributed by atoms with E-state index in [1.54, 1.807) is 0 Å². The molecule has 0 aliphatic carbocycles. The largest absolute Gasteiger partial charge is 0.339 e. The number of carbonyl (C=O) groups excluding carboxylic acids is 2. The number of amides is 3. The lowest BCUT2D eigenvalue weighted by Crippen LogP contribution is -2.38. The number of fused-ring (bicyclic) bond motifs is 1. The SMILES string of the molecule is O=C(NCCCCC1CCN(C(=O)c2ccccc2)CC1)N1Cc2ccccc2C1. The molecule has 30 heavy (non-hydrogen) atoms. The number of nitrogens with zero attached hydrogens (tertiary/aromatic N) is 2. The van der Waals surface area contributed by atoms with Gasteiger partial charge in [-0.15, -0.1) is 0 Å². The van der Waals surface area contributed by atoms with Gasteiger partial charge in [-0.3, -0.25) is 4.79 Å². The first-order valence-corrected chi connectivity index (χ1v) is 11.1. The average Bonchev–Trinajstić information content (AvgIpc) is 3.24. The summed E-state index contributed by atoms with van der Waals surface area (Å²) in [5, 5.41) is 3.07. The van der Waals surface area contributed by atoms with Crippen molar-refractivity contribution >= 4 is 11.9 Å². The molecule has 5 heteroatoms. The Hall–Kier alpha value is -2.82. The summed E-state index contributed by atoms with van der Waals surface area (Å²) in [5.74, 6) is 0.842. The Labute approximate surface area is 179 Å². The molecule has 2 aliphatic rings. The molecular weight excluding hydrogens is 374 g/mol. The van der Waals surface area contributed by atoms with Crippen molar-refractivity contribution in [1.82, 2.24) is 15.1 Å². The first-order valence-electron chi connectivity index (χ1n) is 11.1. The van der Waals surface area contributed by atoms with Crippen LogP contribution in [0.25, 0.3) is 0 Å². The number of hydrogen-bond donors (Lipinski definition) is 1. The van der Waals surface area contributed by atoms with Crippen molar-refractivity contribution in [3.05, 3.63) is 71.3 Å². The summed E-state index contributed by atoms with van der Waals surface area (Å²) in [6, 6.07) is 17.9. The zero-order chi connectivity index (χ0) is 20.8. The normalized spacial score (nSPS) is 16.4. The van der Waals surface area contributed by atoms with Gasteiger partial charge >= 0.3 is 6.03 Å². The molecule has 0 spiro atoms. The summed E-state index contributed by atoms with van der Waals surface area (Å²) < 4.78 is 0. The third-order valence-corrected chi connectivity index (χ3v) is 6.37. The van der Waals surface area contributed by atoms with E-state index in [-0.39, 0.29) is 11.9 Å². The molecule has 0 atom stereocenters. The van der Waals surface area contributed by atoms with Crippen LogP contribution in [0.3, 0.4) is 0 Å². The Morgan fingerprint density at radius 3 is 2.13 bits per heavy atom. The molecule has 0 saturated carbocycles. The van der Waals surface area contributed by atoms with Crippen LogP contribution in [0.2, 0.25) is 0 Å². The molecule has 1 N–H and O–H groups in total. The Balaban J connectivity index is 1.09. The van der Waals surface area contributed by atoms with Gasteiger partial charge in [-0.05, 0) is 48.4 Å². The first-order chi connectivity index (χ1) is 14.7. The summed E-state index contributed by atoms with van der Waals surface area (Å²) in [6.45, 7) is 3.86. The molecule has 2 aliphatic heterocycles. The minimum atomic E-state index is 0.0407. The number of carbonyl (C=O) groups is 2. The van der Waals surface area contributed by atoms with Gasteiger partial charge in [0.25, 0.3) is 5.91 Å². The second kappa shape index (κ2) is 9.79. The predicted molar refractivity (Wildman–Crippen MR) is 118 cm³/mol. The zero-order valence-corrected chi connectivity index (χ0v) is 17.6. The molecule has 158 valence electrons. The quantitative estimate of drug-likeness (QED) is 0.723. The lowest BCUT2D eigenvalue weighted by Gasteiger charge is -2.32. The van der Waals surface area contributed by atoms with Crippen molar-refractivity contribution in [2.75, 3.05) is 19.6 Å². The number of nitrogens with one attached hydrogen (secondary N) is 1. The van der Waals surface area contributed by atoms with Crippen LogP contribution in [0.4, 0.5) is 4.79 Å². The highest BCUT2D eigenvalue weighted by Crippen LogP contribution is 2.24. The van der Waals surface area contributed by atoms with Crippen molar-refractivity contribution in [1.29, 1.82) is 0 Å². The van der Waals surface area contributed by atoms with Gasteiger partial charge in [0.05, 0.1) is 0 Å². The van der Waals surface area contributed by atoms with E-state index in [0.29, 0.717) is 19.0 Å². The highest BCUT2D eigenvalue weighted by Gasteiger charge is 2.24. The minimum absolute atomic E-state index is 0.0407. The Morgan fingerprint density at radius 1 is 0.833 bits per heavy atom. The minimum Gasteiger partial charge on any atom is -0.339 e.